The first-order valence-electron chi connectivity index (χ1n) is 11.5. The Kier molecular flexibility index (Phi) is 6.32. The van der Waals surface area contributed by atoms with E-state index < -0.39 is 26.3 Å². The van der Waals surface area contributed by atoms with E-state index in [1.165, 1.54) is 30.7 Å². The maximum absolute atomic E-state index is 15.0. The molecule has 10 heteroatoms. The summed E-state index contributed by atoms with van der Waals surface area (Å²) in [7, 11) is -3.96. The van der Waals surface area contributed by atoms with Crippen LogP contribution >= 0.6 is 11.6 Å². The zero-order chi connectivity index (χ0) is 23.2. The number of aromatic nitrogens is 2. The van der Waals surface area contributed by atoms with Gasteiger partial charge in [0.2, 0.25) is 0 Å². The molecule has 2 aromatic rings. The van der Waals surface area contributed by atoms with Gasteiger partial charge in [-0.3, -0.25) is 4.90 Å². The number of aliphatic hydroxyl groups excluding tert-OH is 1. The van der Waals surface area contributed by atoms with Crippen LogP contribution < -0.4 is 5.32 Å². The standard InChI is InChI=1S/C23H28ClFN4O3S/c24-18-7-23(33(31,32)12-14-5-6-26-13-27-14)19(25)8-21(18)28-20-3-1-2-4-22(20)29-9-15-16(10-29)17(15)11-30/h5-8,13,15-17,20,22,28,30H,1-4,9-12H2/t15-,16+,17?,20-,22-/m0/s1. The van der Waals surface area contributed by atoms with Crippen LogP contribution in [-0.2, 0) is 15.6 Å². The number of nitrogens with zero attached hydrogens (tertiary/aromatic N) is 3. The maximum Gasteiger partial charge on any atom is 0.187 e. The van der Waals surface area contributed by atoms with Gasteiger partial charge in [0.15, 0.2) is 9.84 Å². The molecule has 3 aliphatic rings. The SMILES string of the molecule is O=S(=O)(Cc1ccncn1)c1cc(Cl)c(N[C@H]2CCCC[C@@H]2N2C[C@@H]3C(CO)[C@@H]3C2)cc1F. The summed E-state index contributed by atoms with van der Waals surface area (Å²) in [5, 5.41) is 13.1. The van der Waals surface area contributed by atoms with Gasteiger partial charge in [0, 0.05) is 38.0 Å². The van der Waals surface area contributed by atoms with E-state index in [0.717, 1.165) is 38.8 Å². The molecule has 2 heterocycles. The monoisotopic (exact) mass is 494 g/mol. The first-order valence-corrected chi connectivity index (χ1v) is 13.5. The number of nitrogens with one attached hydrogen (secondary N) is 1. The molecule has 2 aliphatic carbocycles. The average Bonchev–Trinajstić information content (AvgIpc) is 3.27. The lowest BCUT2D eigenvalue weighted by molar-refractivity contribution is 0.142. The molecule has 1 saturated heterocycles. The number of rotatable bonds is 7. The summed E-state index contributed by atoms with van der Waals surface area (Å²) < 4.78 is 40.5. The molecule has 2 saturated carbocycles. The summed E-state index contributed by atoms with van der Waals surface area (Å²) in [6.07, 6.45) is 6.95. The summed E-state index contributed by atoms with van der Waals surface area (Å²) in [5.41, 5.74) is 0.713. The third-order valence-corrected chi connectivity index (χ3v) is 9.46. The molecular formula is C23H28ClFN4O3S. The van der Waals surface area contributed by atoms with Gasteiger partial charge in [-0.05, 0) is 48.8 Å². The second-order valence-electron chi connectivity index (χ2n) is 9.45. The van der Waals surface area contributed by atoms with Crippen molar-refractivity contribution in [2.24, 2.45) is 17.8 Å². The number of halogens is 2. The number of piperidine rings is 1. The molecule has 0 bridgehead atoms. The summed E-state index contributed by atoms with van der Waals surface area (Å²) >= 11 is 6.44. The van der Waals surface area contributed by atoms with Crippen LogP contribution in [0.25, 0.3) is 0 Å². The third-order valence-electron chi connectivity index (χ3n) is 7.49. The number of hydrogen-bond donors (Lipinski definition) is 2. The van der Waals surface area contributed by atoms with E-state index >= 15 is 0 Å². The van der Waals surface area contributed by atoms with Gasteiger partial charge in [-0.2, -0.15) is 0 Å². The minimum atomic E-state index is -3.96. The molecule has 1 aromatic heterocycles. The summed E-state index contributed by atoms with van der Waals surface area (Å²) in [4.78, 5) is 9.77. The van der Waals surface area contributed by atoms with Crippen LogP contribution in [0.4, 0.5) is 10.1 Å². The highest BCUT2D eigenvalue weighted by atomic mass is 35.5. The van der Waals surface area contributed by atoms with Crippen molar-refractivity contribution in [3.63, 3.8) is 0 Å². The number of fused-ring (bicyclic) bond motifs is 1. The van der Waals surface area contributed by atoms with Gasteiger partial charge in [-0.15, -0.1) is 0 Å². The Balaban J connectivity index is 1.32. The van der Waals surface area contributed by atoms with Gasteiger partial charge in [0.05, 0.1) is 22.2 Å². The number of benzene rings is 1. The van der Waals surface area contributed by atoms with E-state index in [4.69, 9.17) is 11.6 Å². The normalized spacial score (nSPS) is 29.6. The lowest BCUT2D eigenvalue weighted by atomic mass is 9.88. The predicted octanol–water partition coefficient (Wildman–Crippen LogP) is 3.14. The topological polar surface area (TPSA) is 95.4 Å². The van der Waals surface area contributed by atoms with Crippen molar-refractivity contribution < 1.29 is 17.9 Å². The van der Waals surface area contributed by atoms with Gasteiger partial charge in [-0.25, -0.2) is 22.8 Å². The van der Waals surface area contributed by atoms with Crippen LogP contribution in [0.15, 0.2) is 35.6 Å². The fourth-order valence-electron chi connectivity index (χ4n) is 5.69. The van der Waals surface area contributed by atoms with Crippen molar-refractivity contribution in [2.45, 2.75) is 48.4 Å². The Morgan fingerprint density at radius 3 is 2.67 bits per heavy atom. The van der Waals surface area contributed by atoms with Crippen LogP contribution in [0.1, 0.15) is 31.4 Å². The molecule has 5 atom stereocenters. The molecule has 7 nitrogen and oxygen atoms in total. The highest BCUT2D eigenvalue weighted by molar-refractivity contribution is 7.90. The first-order chi connectivity index (χ1) is 15.9. The molecule has 178 valence electrons. The highest BCUT2D eigenvalue weighted by Crippen LogP contribution is 2.52. The Bertz CT molecular complexity index is 1110. The number of likely N-dealkylation sites (tertiary alicyclic amines) is 1. The van der Waals surface area contributed by atoms with Crippen LogP contribution in [0.3, 0.4) is 0 Å². The maximum atomic E-state index is 15.0. The largest absolute Gasteiger partial charge is 0.396 e. The minimum Gasteiger partial charge on any atom is -0.396 e. The Hall–Kier alpha value is -1.81. The fraction of sp³-hybridized carbons (Fsp3) is 0.565. The number of sulfone groups is 1. The van der Waals surface area contributed by atoms with Gasteiger partial charge in [0.25, 0.3) is 0 Å². The van der Waals surface area contributed by atoms with Crippen molar-refractivity contribution in [1.29, 1.82) is 0 Å². The molecule has 3 fully saturated rings. The fourth-order valence-corrected chi connectivity index (χ4v) is 7.35. The Morgan fingerprint density at radius 2 is 1.97 bits per heavy atom. The molecule has 0 amide bonds. The second-order valence-corrected chi connectivity index (χ2v) is 11.8. The van der Waals surface area contributed by atoms with Crippen LogP contribution in [-0.4, -0.2) is 60.2 Å². The summed E-state index contributed by atoms with van der Waals surface area (Å²) in [5.74, 6) is 0.399. The Morgan fingerprint density at radius 1 is 1.21 bits per heavy atom. The van der Waals surface area contributed by atoms with Gasteiger partial charge >= 0.3 is 0 Å². The van der Waals surface area contributed by atoms with Crippen LogP contribution in [0.2, 0.25) is 5.02 Å². The summed E-state index contributed by atoms with van der Waals surface area (Å²) in [6.45, 7) is 2.28. The average molecular weight is 495 g/mol. The number of anilines is 1. The molecule has 1 aromatic carbocycles. The van der Waals surface area contributed by atoms with Crippen LogP contribution in [0.5, 0.6) is 0 Å². The molecule has 1 aliphatic heterocycles. The molecule has 0 spiro atoms. The predicted molar refractivity (Wildman–Crippen MR) is 123 cm³/mol. The molecule has 5 rings (SSSR count). The van der Waals surface area contributed by atoms with E-state index in [1.54, 1.807) is 0 Å². The highest BCUT2D eigenvalue weighted by Gasteiger charge is 2.56. The molecule has 1 unspecified atom stereocenters. The quantitative estimate of drug-likeness (QED) is 0.610. The van der Waals surface area contributed by atoms with Crippen molar-refractivity contribution in [3.05, 3.63) is 47.3 Å². The van der Waals surface area contributed by atoms with E-state index in [-0.39, 0.29) is 17.7 Å². The summed E-state index contributed by atoms with van der Waals surface area (Å²) in [6, 6.07) is 4.32. The number of hydrogen-bond acceptors (Lipinski definition) is 7. The van der Waals surface area contributed by atoms with Gasteiger partial charge in [-0.1, -0.05) is 24.4 Å². The Labute approximate surface area is 198 Å². The number of aliphatic hydroxyl groups is 1. The minimum absolute atomic E-state index is 0.115. The van der Waals surface area contributed by atoms with E-state index in [2.05, 4.69) is 20.2 Å². The molecule has 33 heavy (non-hydrogen) atoms. The third kappa shape index (κ3) is 4.60. The van der Waals surface area contributed by atoms with Gasteiger partial charge in [0.1, 0.15) is 17.0 Å². The second kappa shape index (κ2) is 9.09. The lowest BCUT2D eigenvalue weighted by Gasteiger charge is -2.40. The molecular weight excluding hydrogens is 467 g/mol. The zero-order valence-corrected chi connectivity index (χ0v) is 19.8. The smallest absolute Gasteiger partial charge is 0.187 e. The van der Waals surface area contributed by atoms with E-state index in [9.17, 15) is 17.9 Å². The van der Waals surface area contributed by atoms with Gasteiger partial charge < -0.3 is 10.4 Å². The van der Waals surface area contributed by atoms with Crippen molar-refractivity contribution in [1.82, 2.24) is 14.9 Å². The lowest BCUT2D eigenvalue weighted by Crippen LogP contribution is -2.49. The first kappa shape index (κ1) is 23.0. The van der Waals surface area contributed by atoms with E-state index in [1.807, 2.05) is 0 Å². The van der Waals surface area contributed by atoms with Crippen molar-refractivity contribution >= 4 is 27.1 Å². The van der Waals surface area contributed by atoms with Crippen LogP contribution in [0, 0.1) is 23.6 Å². The molecule has 0 radical (unpaired) electrons. The van der Waals surface area contributed by atoms with Crippen molar-refractivity contribution in [2.75, 3.05) is 25.0 Å². The molecule has 2 N–H and O–H groups in total. The zero-order valence-electron chi connectivity index (χ0n) is 18.2. The van der Waals surface area contributed by atoms with Crippen molar-refractivity contribution in [3.8, 4) is 0 Å². The van der Waals surface area contributed by atoms with E-state index in [0.29, 0.717) is 35.2 Å².